The van der Waals surface area contributed by atoms with Crippen molar-refractivity contribution in [2.24, 2.45) is 5.92 Å². The van der Waals surface area contributed by atoms with Gasteiger partial charge in [-0.25, -0.2) is 0 Å². The smallest absolute Gasteiger partial charge is 0.309 e. The second kappa shape index (κ2) is 3.44. The van der Waals surface area contributed by atoms with Gasteiger partial charge in [0.15, 0.2) is 0 Å². The van der Waals surface area contributed by atoms with E-state index in [2.05, 4.69) is 5.32 Å². The van der Waals surface area contributed by atoms with Gasteiger partial charge in [-0.1, -0.05) is 0 Å². The van der Waals surface area contributed by atoms with Crippen LogP contribution in [0.4, 0.5) is 0 Å². The predicted octanol–water partition coefficient (Wildman–Crippen LogP) is 0.692. The van der Waals surface area contributed by atoms with E-state index in [9.17, 15) is 4.79 Å². The monoisotopic (exact) mass is 169 g/mol. The average molecular weight is 169 g/mol. The van der Waals surface area contributed by atoms with Crippen molar-refractivity contribution in [3.63, 3.8) is 0 Å². The Bertz CT molecular complexity index is 171. The summed E-state index contributed by atoms with van der Waals surface area (Å²) in [5.41, 5.74) is 0. The van der Waals surface area contributed by atoms with Crippen LogP contribution in [0, 0.1) is 5.92 Å². The van der Waals surface area contributed by atoms with Gasteiger partial charge < -0.3 is 10.1 Å². The molecular formula is C9H15NO2. The van der Waals surface area contributed by atoms with E-state index in [4.69, 9.17) is 4.74 Å². The highest BCUT2D eigenvalue weighted by atomic mass is 16.5. The van der Waals surface area contributed by atoms with Crippen LogP contribution in [0.3, 0.4) is 0 Å². The molecule has 2 aliphatic rings. The highest BCUT2D eigenvalue weighted by Crippen LogP contribution is 2.31. The number of hydrogen-bond acceptors (Lipinski definition) is 3. The maximum absolute atomic E-state index is 11.2. The third-order valence-corrected chi connectivity index (χ3v) is 2.48. The Balaban J connectivity index is 1.73. The molecule has 0 aromatic heterocycles. The highest BCUT2D eigenvalue weighted by Gasteiger charge is 2.33. The molecule has 1 aliphatic carbocycles. The summed E-state index contributed by atoms with van der Waals surface area (Å²) >= 11 is 0. The molecule has 0 spiro atoms. The maximum Gasteiger partial charge on any atom is 0.309 e. The minimum absolute atomic E-state index is 0.0434. The molecule has 0 bridgehead atoms. The number of carbonyl (C=O) groups is 1. The lowest BCUT2D eigenvalue weighted by atomic mass is 10.1. The van der Waals surface area contributed by atoms with E-state index in [0.29, 0.717) is 0 Å². The number of piperidine rings is 1. The molecule has 0 aromatic rings. The van der Waals surface area contributed by atoms with Gasteiger partial charge in [0.1, 0.15) is 6.10 Å². The summed E-state index contributed by atoms with van der Waals surface area (Å²) in [5.74, 6) is 0.293. The summed E-state index contributed by atoms with van der Waals surface area (Å²) in [4.78, 5) is 11.2. The molecule has 2 rings (SSSR count). The van der Waals surface area contributed by atoms with E-state index < -0.39 is 0 Å². The minimum Gasteiger partial charge on any atom is -0.462 e. The highest BCUT2D eigenvalue weighted by molar-refractivity contribution is 5.75. The van der Waals surface area contributed by atoms with Crippen molar-refractivity contribution in [2.75, 3.05) is 13.1 Å². The van der Waals surface area contributed by atoms with Crippen LogP contribution in [0.2, 0.25) is 0 Å². The zero-order valence-electron chi connectivity index (χ0n) is 7.21. The minimum atomic E-state index is 0.0434. The molecule has 0 aromatic carbocycles. The lowest BCUT2D eigenvalue weighted by Crippen LogP contribution is -2.34. The van der Waals surface area contributed by atoms with Crippen LogP contribution < -0.4 is 5.32 Å². The van der Waals surface area contributed by atoms with Crippen molar-refractivity contribution in [3.05, 3.63) is 0 Å². The average Bonchev–Trinajstić information content (AvgIpc) is 2.88. The Morgan fingerprint density at radius 3 is 2.42 bits per heavy atom. The van der Waals surface area contributed by atoms with E-state index in [1.54, 1.807) is 0 Å². The lowest BCUT2D eigenvalue weighted by Gasteiger charge is -2.22. The summed E-state index contributed by atoms with van der Waals surface area (Å²) in [7, 11) is 0. The number of carbonyl (C=O) groups excluding carboxylic acids is 1. The fraction of sp³-hybridized carbons (Fsp3) is 0.889. The summed E-state index contributed by atoms with van der Waals surface area (Å²) < 4.78 is 5.34. The third kappa shape index (κ3) is 1.97. The Kier molecular flexibility index (Phi) is 2.30. The van der Waals surface area contributed by atoms with Gasteiger partial charge in [-0.15, -0.1) is 0 Å². The molecular weight excluding hydrogens is 154 g/mol. The lowest BCUT2D eigenvalue weighted by molar-refractivity contribution is -0.151. The van der Waals surface area contributed by atoms with Gasteiger partial charge in [0, 0.05) is 0 Å². The van der Waals surface area contributed by atoms with Crippen LogP contribution in [0.15, 0.2) is 0 Å². The second-order valence-electron chi connectivity index (χ2n) is 3.66. The molecule has 68 valence electrons. The van der Waals surface area contributed by atoms with E-state index in [1.807, 2.05) is 0 Å². The van der Waals surface area contributed by atoms with Crippen LogP contribution in [-0.4, -0.2) is 25.2 Å². The van der Waals surface area contributed by atoms with Crippen molar-refractivity contribution in [1.29, 1.82) is 0 Å². The number of esters is 1. The van der Waals surface area contributed by atoms with E-state index >= 15 is 0 Å². The van der Waals surface area contributed by atoms with Gasteiger partial charge in [0.2, 0.25) is 0 Å². The summed E-state index contributed by atoms with van der Waals surface area (Å²) in [5, 5.41) is 3.24. The van der Waals surface area contributed by atoms with Gasteiger partial charge in [-0.2, -0.15) is 0 Å². The van der Waals surface area contributed by atoms with Gasteiger partial charge in [-0.3, -0.25) is 4.79 Å². The van der Waals surface area contributed by atoms with E-state index in [-0.39, 0.29) is 18.0 Å². The van der Waals surface area contributed by atoms with Gasteiger partial charge in [0.25, 0.3) is 0 Å². The van der Waals surface area contributed by atoms with Crippen molar-refractivity contribution in [3.8, 4) is 0 Å². The standard InChI is InChI=1S/C9H15NO2/c11-9(7-1-2-7)12-8-3-5-10-6-4-8/h7-8,10H,1-6H2. The van der Waals surface area contributed by atoms with E-state index in [1.165, 1.54) is 0 Å². The number of ether oxygens (including phenoxy) is 1. The zero-order valence-corrected chi connectivity index (χ0v) is 7.21. The molecule has 1 N–H and O–H groups in total. The van der Waals surface area contributed by atoms with Crippen LogP contribution in [-0.2, 0) is 9.53 Å². The van der Waals surface area contributed by atoms with Crippen LogP contribution in [0.1, 0.15) is 25.7 Å². The van der Waals surface area contributed by atoms with Gasteiger partial charge in [0.05, 0.1) is 5.92 Å². The van der Waals surface area contributed by atoms with Crippen LogP contribution in [0.25, 0.3) is 0 Å². The second-order valence-corrected chi connectivity index (χ2v) is 3.66. The molecule has 0 unspecified atom stereocenters. The van der Waals surface area contributed by atoms with Gasteiger partial charge >= 0.3 is 5.97 Å². The molecule has 3 heteroatoms. The molecule has 1 heterocycles. The first-order valence-corrected chi connectivity index (χ1v) is 4.77. The Hall–Kier alpha value is -0.570. The molecule has 1 aliphatic heterocycles. The molecule has 0 atom stereocenters. The number of rotatable bonds is 2. The molecule has 1 saturated carbocycles. The third-order valence-electron chi connectivity index (χ3n) is 2.48. The maximum atomic E-state index is 11.2. The molecule has 1 saturated heterocycles. The largest absolute Gasteiger partial charge is 0.462 e. The van der Waals surface area contributed by atoms with Gasteiger partial charge in [-0.05, 0) is 38.8 Å². The first-order chi connectivity index (χ1) is 5.86. The van der Waals surface area contributed by atoms with Crippen LogP contribution >= 0.6 is 0 Å². The Labute approximate surface area is 72.5 Å². The first-order valence-electron chi connectivity index (χ1n) is 4.77. The predicted molar refractivity (Wildman–Crippen MR) is 44.7 cm³/mol. The fourth-order valence-electron chi connectivity index (χ4n) is 1.49. The van der Waals surface area contributed by atoms with Crippen LogP contribution in [0.5, 0.6) is 0 Å². The first kappa shape index (κ1) is 8.05. The van der Waals surface area contributed by atoms with Crippen molar-refractivity contribution in [1.82, 2.24) is 5.32 Å². The quantitative estimate of drug-likeness (QED) is 0.618. The summed E-state index contributed by atoms with van der Waals surface area (Å²) in [6.07, 6.45) is 4.25. The SMILES string of the molecule is O=C(OC1CCNCC1)C1CC1. The topological polar surface area (TPSA) is 38.3 Å². The normalized spacial score (nSPS) is 25.3. The number of hydrogen-bond donors (Lipinski definition) is 1. The number of nitrogens with one attached hydrogen (secondary N) is 1. The van der Waals surface area contributed by atoms with Crippen molar-refractivity contribution < 1.29 is 9.53 Å². The Morgan fingerprint density at radius 1 is 1.17 bits per heavy atom. The summed E-state index contributed by atoms with van der Waals surface area (Å²) in [6.45, 7) is 1.98. The van der Waals surface area contributed by atoms with Crippen molar-refractivity contribution >= 4 is 5.97 Å². The molecule has 3 nitrogen and oxygen atoms in total. The van der Waals surface area contributed by atoms with E-state index in [0.717, 1.165) is 38.8 Å². The summed E-state index contributed by atoms with van der Waals surface area (Å²) in [6, 6.07) is 0. The van der Waals surface area contributed by atoms with Crippen molar-refractivity contribution in [2.45, 2.75) is 31.8 Å². The fourth-order valence-corrected chi connectivity index (χ4v) is 1.49. The molecule has 0 amide bonds. The zero-order chi connectivity index (χ0) is 8.39. The molecule has 12 heavy (non-hydrogen) atoms. The Morgan fingerprint density at radius 2 is 1.83 bits per heavy atom. The molecule has 0 radical (unpaired) electrons. The molecule has 2 fully saturated rings.